The van der Waals surface area contributed by atoms with E-state index >= 15 is 0 Å². The maximum absolute atomic E-state index is 13.2. The van der Waals surface area contributed by atoms with Gasteiger partial charge in [-0.05, 0) is 101 Å². The van der Waals surface area contributed by atoms with E-state index in [0.29, 0.717) is 36.0 Å². The van der Waals surface area contributed by atoms with E-state index in [4.69, 9.17) is 0 Å². The Hall–Kier alpha value is -1.11. The first kappa shape index (κ1) is 24.6. The van der Waals surface area contributed by atoms with E-state index in [1.54, 1.807) is 0 Å². The van der Waals surface area contributed by atoms with Gasteiger partial charge in [-0.2, -0.15) is 0 Å². The normalized spacial score (nSPS) is 36.6. The van der Waals surface area contributed by atoms with E-state index in [9.17, 15) is 18.0 Å². The zero-order chi connectivity index (χ0) is 23.7. The number of nitrogens with zero attached hydrogens (tertiary/aromatic N) is 1. The first-order valence-electron chi connectivity index (χ1n) is 14.2. The number of hydrogen-bond acceptors (Lipinski definition) is 4. The maximum atomic E-state index is 13.2. The van der Waals surface area contributed by atoms with Gasteiger partial charge in [-0.1, -0.05) is 12.8 Å². The van der Waals surface area contributed by atoms with Crippen molar-refractivity contribution in [2.75, 3.05) is 12.3 Å². The van der Waals surface area contributed by atoms with Gasteiger partial charge in [0.2, 0.25) is 11.8 Å². The van der Waals surface area contributed by atoms with Crippen molar-refractivity contribution in [2.45, 2.75) is 120 Å². The second-order valence-corrected chi connectivity index (χ2v) is 14.5. The van der Waals surface area contributed by atoms with Crippen LogP contribution in [0.5, 0.6) is 0 Å². The average molecular weight is 493 g/mol. The Balaban J connectivity index is 1.01. The summed E-state index contributed by atoms with van der Waals surface area (Å²) in [6.07, 6.45) is 15.7. The highest BCUT2D eigenvalue weighted by atomic mass is 32.2. The van der Waals surface area contributed by atoms with Gasteiger partial charge in [-0.15, -0.1) is 0 Å². The second kappa shape index (κ2) is 10.5. The zero-order valence-corrected chi connectivity index (χ0v) is 21.6. The molecule has 2 amide bonds. The van der Waals surface area contributed by atoms with Crippen molar-refractivity contribution in [1.29, 1.82) is 0 Å². The van der Waals surface area contributed by atoms with Gasteiger partial charge in [0, 0.05) is 31.0 Å². The summed E-state index contributed by atoms with van der Waals surface area (Å²) in [5, 5.41) is 3.05. The smallest absolute Gasteiger partial charge is 0.225 e. The lowest BCUT2D eigenvalue weighted by atomic mass is 9.82. The number of sulfone groups is 1. The molecule has 2 atom stereocenters. The fourth-order valence-electron chi connectivity index (χ4n) is 7.39. The molecule has 5 aliphatic rings. The predicted octanol–water partition coefficient (Wildman–Crippen LogP) is 4.23. The van der Waals surface area contributed by atoms with Crippen LogP contribution in [-0.4, -0.2) is 54.8 Å². The molecule has 1 N–H and O–H groups in total. The summed E-state index contributed by atoms with van der Waals surface area (Å²) >= 11 is 0. The Labute approximate surface area is 205 Å². The number of hydrogen-bond donors (Lipinski definition) is 1. The van der Waals surface area contributed by atoms with Gasteiger partial charge in [0.15, 0.2) is 9.84 Å². The minimum absolute atomic E-state index is 0.114. The molecule has 1 aliphatic heterocycles. The molecule has 0 radical (unpaired) electrons. The summed E-state index contributed by atoms with van der Waals surface area (Å²) in [4.78, 5) is 28.1. The highest BCUT2D eigenvalue weighted by molar-refractivity contribution is 7.92. The van der Waals surface area contributed by atoms with Gasteiger partial charge in [0.25, 0.3) is 0 Å². The molecule has 4 aliphatic carbocycles. The van der Waals surface area contributed by atoms with Crippen molar-refractivity contribution in [3.05, 3.63) is 0 Å². The topological polar surface area (TPSA) is 83.5 Å². The Morgan fingerprint density at radius 2 is 1.44 bits per heavy atom. The predicted molar refractivity (Wildman–Crippen MR) is 133 cm³/mol. The molecule has 34 heavy (non-hydrogen) atoms. The number of fused-ring (bicyclic) bond motifs is 1. The van der Waals surface area contributed by atoms with Crippen LogP contribution in [0.2, 0.25) is 0 Å². The third kappa shape index (κ3) is 5.82. The van der Waals surface area contributed by atoms with Crippen LogP contribution in [0.3, 0.4) is 0 Å². The van der Waals surface area contributed by atoms with Gasteiger partial charge >= 0.3 is 0 Å². The molecule has 5 rings (SSSR count). The average Bonchev–Trinajstić information content (AvgIpc) is 3.53. The third-order valence-corrected chi connectivity index (χ3v) is 12.1. The van der Waals surface area contributed by atoms with Crippen molar-refractivity contribution in [2.24, 2.45) is 23.7 Å². The summed E-state index contributed by atoms with van der Waals surface area (Å²) in [6.45, 7) is 0.953. The van der Waals surface area contributed by atoms with E-state index in [-0.39, 0.29) is 23.1 Å². The Bertz CT molecular complexity index is 839. The van der Waals surface area contributed by atoms with Crippen molar-refractivity contribution < 1.29 is 18.0 Å². The molecule has 0 aromatic heterocycles. The van der Waals surface area contributed by atoms with E-state index in [1.165, 1.54) is 32.1 Å². The number of amides is 2. The summed E-state index contributed by atoms with van der Waals surface area (Å²) in [7, 11) is -2.95. The molecule has 0 spiro atoms. The highest BCUT2D eigenvalue weighted by Gasteiger charge is 2.41. The zero-order valence-electron chi connectivity index (χ0n) is 20.8. The SMILES string of the molecule is O=C(CC1CCC(S(=O)(=O)CC2CC2)CC1)NC1CCC(C(=O)N2CCC3CCCCC32)CC1. The molecule has 2 unspecified atom stereocenters. The molecule has 0 bridgehead atoms. The molecule has 192 valence electrons. The molecule has 4 saturated carbocycles. The van der Waals surface area contributed by atoms with Crippen LogP contribution >= 0.6 is 0 Å². The van der Waals surface area contributed by atoms with Crippen molar-refractivity contribution >= 4 is 21.7 Å². The van der Waals surface area contributed by atoms with Crippen LogP contribution < -0.4 is 5.32 Å². The second-order valence-electron chi connectivity index (χ2n) is 12.2. The molecule has 0 aromatic rings. The maximum Gasteiger partial charge on any atom is 0.225 e. The number of nitrogens with one attached hydrogen (secondary N) is 1. The van der Waals surface area contributed by atoms with Crippen LogP contribution in [0.15, 0.2) is 0 Å². The Kier molecular flexibility index (Phi) is 7.57. The van der Waals surface area contributed by atoms with E-state index < -0.39 is 9.84 Å². The lowest BCUT2D eigenvalue weighted by Crippen LogP contribution is -2.45. The van der Waals surface area contributed by atoms with Crippen molar-refractivity contribution in [1.82, 2.24) is 10.2 Å². The van der Waals surface area contributed by atoms with Gasteiger partial charge in [-0.25, -0.2) is 8.42 Å². The lowest BCUT2D eigenvalue weighted by Gasteiger charge is -2.36. The monoisotopic (exact) mass is 492 g/mol. The molecule has 1 heterocycles. The van der Waals surface area contributed by atoms with Crippen LogP contribution in [0.25, 0.3) is 0 Å². The van der Waals surface area contributed by atoms with E-state index in [0.717, 1.165) is 76.7 Å². The largest absolute Gasteiger partial charge is 0.353 e. The van der Waals surface area contributed by atoms with Crippen molar-refractivity contribution in [3.8, 4) is 0 Å². The molecular weight excluding hydrogens is 448 g/mol. The number of carbonyl (C=O) groups is 2. The molecule has 7 heteroatoms. The molecule has 1 saturated heterocycles. The number of carbonyl (C=O) groups excluding carboxylic acids is 2. The quantitative estimate of drug-likeness (QED) is 0.577. The molecule has 5 fully saturated rings. The van der Waals surface area contributed by atoms with E-state index in [1.807, 2.05) is 0 Å². The van der Waals surface area contributed by atoms with Crippen LogP contribution in [-0.2, 0) is 19.4 Å². The van der Waals surface area contributed by atoms with Crippen molar-refractivity contribution in [3.63, 3.8) is 0 Å². The molecule has 0 aromatic carbocycles. The first-order chi connectivity index (χ1) is 16.4. The lowest BCUT2D eigenvalue weighted by molar-refractivity contribution is -0.138. The molecule has 6 nitrogen and oxygen atoms in total. The Morgan fingerprint density at radius 3 is 2.15 bits per heavy atom. The van der Waals surface area contributed by atoms with Crippen LogP contribution in [0.1, 0.15) is 103 Å². The minimum atomic E-state index is -2.95. The third-order valence-electron chi connectivity index (χ3n) is 9.68. The van der Waals surface area contributed by atoms with Gasteiger partial charge in [0.05, 0.1) is 11.0 Å². The fourth-order valence-corrected chi connectivity index (χ4v) is 9.64. The number of rotatable bonds is 7. The van der Waals surface area contributed by atoms with Crippen LogP contribution in [0.4, 0.5) is 0 Å². The standard InChI is InChI=1S/C27H44N2O4S/c30-26(17-19-7-13-24(14-8-19)34(32,33)18-20-5-6-20)28-23-11-9-22(10-12-23)27(31)29-16-15-21-3-1-2-4-25(21)29/h19-25H,1-18H2,(H,28,30). The Morgan fingerprint density at radius 1 is 0.765 bits per heavy atom. The van der Waals surface area contributed by atoms with Crippen LogP contribution in [0, 0.1) is 23.7 Å². The van der Waals surface area contributed by atoms with Gasteiger partial charge in [-0.3, -0.25) is 9.59 Å². The summed E-state index contributed by atoms with van der Waals surface area (Å²) in [5.41, 5.74) is 0. The minimum Gasteiger partial charge on any atom is -0.353 e. The van der Waals surface area contributed by atoms with Gasteiger partial charge < -0.3 is 10.2 Å². The first-order valence-corrected chi connectivity index (χ1v) is 15.9. The van der Waals surface area contributed by atoms with E-state index in [2.05, 4.69) is 10.2 Å². The molecular formula is C27H44N2O4S. The highest BCUT2D eigenvalue weighted by Crippen LogP contribution is 2.39. The summed E-state index contributed by atoms with van der Waals surface area (Å²) in [5.74, 6) is 2.48. The fraction of sp³-hybridized carbons (Fsp3) is 0.926. The summed E-state index contributed by atoms with van der Waals surface area (Å²) < 4.78 is 25.1. The summed E-state index contributed by atoms with van der Waals surface area (Å²) in [6, 6.07) is 0.685. The van der Waals surface area contributed by atoms with Gasteiger partial charge in [0.1, 0.15) is 0 Å². The number of likely N-dealkylation sites (tertiary alicyclic amines) is 1.